The third-order valence-electron chi connectivity index (χ3n) is 2.44. The molecule has 0 saturated heterocycles. The lowest BCUT2D eigenvalue weighted by molar-refractivity contribution is 1.39. The van der Waals surface area contributed by atoms with E-state index in [0.29, 0.717) is 10.9 Å². The molecule has 0 aliphatic heterocycles. The van der Waals surface area contributed by atoms with Gasteiger partial charge in [-0.05, 0) is 0 Å². The molecule has 2 heterocycles. The average Bonchev–Trinajstić information content (AvgIpc) is 2.97. The smallest absolute Gasteiger partial charge is 0.182 e. The number of anilines is 2. The van der Waals surface area contributed by atoms with E-state index in [0.717, 1.165) is 21.1 Å². The van der Waals surface area contributed by atoms with Gasteiger partial charge in [-0.15, -0.1) is 11.3 Å². The van der Waals surface area contributed by atoms with Crippen LogP contribution in [0.5, 0.6) is 0 Å². The molecule has 4 nitrogen and oxygen atoms in total. The first-order chi connectivity index (χ1) is 8.74. The van der Waals surface area contributed by atoms with Crippen molar-refractivity contribution >= 4 is 33.6 Å². The number of hydrogen-bond acceptors (Lipinski definition) is 6. The maximum absolute atomic E-state index is 5.81. The minimum Gasteiger partial charge on any atom is -0.382 e. The number of nitrogen functional groups attached to an aromatic ring is 2. The summed E-state index contributed by atoms with van der Waals surface area (Å²) >= 11 is 2.91. The predicted molar refractivity (Wildman–Crippen MR) is 77.5 cm³/mol. The van der Waals surface area contributed by atoms with Crippen molar-refractivity contribution in [2.75, 3.05) is 11.5 Å². The Balaban J connectivity index is 2.02. The predicted octanol–water partition coefficient (Wildman–Crippen LogP) is 3.10. The lowest BCUT2D eigenvalue weighted by atomic mass is 10.2. The second-order valence-electron chi connectivity index (χ2n) is 3.67. The van der Waals surface area contributed by atoms with Crippen molar-refractivity contribution < 1.29 is 0 Å². The van der Waals surface area contributed by atoms with Gasteiger partial charge in [-0.2, -0.15) is 0 Å². The highest BCUT2D eigenvalue weighted by Gasteiger charge is 2.13. The largest absolute Gasteiger partial charge is 0.382 e. The van der Waals surface area contributed by atoms with Gasteiger partial charge in [-0.1, -0.05) is 41.7 Å². The second-order valence-corrected chi connectivity index (χ2v) is 5.56. The summed E-state index contributed by atoms with van der Waals surface area (Å²) in [4.78, 5) is 9.44. The third-order valence-corrected chi connectivity index (χ3v) is 4.33. The molecule has 0 fully saturated rings. The highest BCUT2D eigenvalue weighted by atomic mass is 32.1. The monoisotopic (exact) mass is 274 g/mol. The van der Waals surface area contributed by atoms with Gasteiger partial charge in [-0.3, -0.25) is 0 Å². The van der Waals surface area contributed by atoms with Crippen LogP contribution in [-0.4, -0.2) is 9.97 Å². The Morgan fingerprint density at radius 1 is 1.00 bits per heavy atom. The highest BCUT2D eigenvalue weighted by Crippen LogP contribution is 2.36. The number of aromatic nitrogens is 2. The zero-order valence-corrected chi connectivity index (χ0v) is 11.0. The van der Waals surface area contributed by atoms with Crippen LogP contribution < -0.4 is 11.5 Å². The lowest BCUT2D eigenvalue weighted by Crippen LogP contribution is -1.88. The standard InChI is InChI=1S/C12H10N4S2/c13-10-9(18-12(14)16-10)11-15-8(6-17-11)7-4-2-1-3-5-7/h1-6H,13H2,(H2,14,16). The molecule has 0 bridgehead atoms. The maximum Gasteiger partial charge on any atom is 0.182 e. The summed E-state index contributed by atoms with van der Waals surface area (Å²) in [5.74, 6) is 0.450. The molecule has 90 valence electrons. The third kappa shape index (κ3) is 1.96. The Morgan fingerprint density at radius 3 is 2.44 bits per heavy atom. The van der Waals surface area contributed by atoms with E-state index in [9.17, 15) is 0 Å². The molecule has 0 saturated carbocycles. The number of rotatable bonds is 2. The molecule has 6 heteroatoms. The molecule has 3 rings (SSSR count). The number of nitrogens with zero attached hydrogens (tertiary/aromatic N) is 2. The van der Waals surface area contributed by atoms with E-state index in [1.165, 1.54) is 11.3 Å². The Labute approximate surface area is 112 Å². The fraction of sp³-hybridized carbons (Fsp3) is 0. The van der Waals surface area contributed by atoms with Gasteiger partial charge in [0.2, 0.25) is 0 Å². The van der Waals surface area contributed by atoms with Gasteiger partial charge >= 0.3 is 0 Å². The van der Waals surface area contributed by atoms with E-state index in [2.05, 4.69) is 9.97 Å². The second kappa shape index (κ2) is 4.40. The van der Waals surface area contributed by atoms with Crippen molar-refractivity contribution in [3.63, 3.8) is 0 Å². The normalized spacial score (nSPS) is 10.7. The molecular weight excluding hydrogens is 264 g/mol. The van der Waals surface area contributed by atoms with E-state index >= 15 is 0 Å². The fourth-order valence-electron chi connectivity index (χ4n) is 1.62. The van der Waals surface area contributed by atoms with Crippen molar-refractivity contribution in [2.24, 2.45) is 0 Å². The van der Waals surface area contributed by atoms with E-state index in [1.807, 2.05) is 35.7 Å². The highest BCUT2D eigenvalue weighted by molar-refractivity contribution is 7.23. The van der Waals surface area contributed by atoms with E-state index in [1.54, 1.807) is 11.3 Å². The van der Waals surface area contributed by atoms with Crippen LogP contribution in [0, 0.1) is 0 Å². The Hall–Kier alpha value is -1.92. The molecule has 18 heavy (non-hydrogen) atoms. The zero-order chi connectivity index (χ0) is 12.5. The maximum atomic E-state index is 5.81. The number of thiazole rings is 2. The van der Waals surface area contributed by atoms with Crippen LogP contribution in [0.25, 0.3) is 21.1 Å². The minimum absolute atomic E-state index is 0.450. The van der Waals surface area contributed by atoms with Crippen molar-refractivity contribution in [3.8, 4) is 21.1 Å². The topological polar surface area (TPSA) is 77.8 Å². The van der Waals surface area contributed by atoms with E-state index in [4.69, 9.17) is 11.5 Å². The summed E-state index contributed by atoms with van der Waals surface area (Å²) in [6.45, 7) is 0. The molecular formula is C12H10N4S2. The van der Waals surface area contributed by atoms with Crippen molar-refractivity contribution in [1.82, 2.24) is 9.97 Å². The van der Waals surface area contributed by atoms with Gasteiger partial charge in [0.05, 0.1) is 5.69 Å². The van der Waals surface area contributed by atoms with Crippen LogP contribution >= 0.6 is 22.7 Å². The van der Waals surface area contributed by atoms with Crippen LogP contribution in [0.2, 0.25) is 0 Å². The van der Waals surface area contributed by atoms with Crippen LogP contribution in [0.4, 0.5) is 10.9 Å². The SMILES string of the molecule is Nc1nc(N)c(-c2nc(-c3ccccc3)cs2)s1. The molecule has 0 aliphatic carbocycles. The lowest BCUT2D eigenvalue weighted by Gasteiger charge is -1.94. The Bertz CT molecular complexity index is 672. The minimum atomic E-state index is 0.450. The summed E-state index contributed by atoms with van der Waals surface area (Å²) in [6.07, 6.45) is 0. The molecule has 3 aromatic rings. The van der Waals surface area contributed by atoms with Crippen LogP contribution in [0.1, 0.15) is 0 Å². The van der Waals surface area contributed by atoms with E-state index < -0.39 is 0 Å². The first-order valence-electron chi connectivity index (χ1n) is 5.27. The fourth-order valence-corrected chi connectivity index (χ4v) is 3.30. The van der Waals surface area contributed by atoms with Crippen LogP contribution in [0.15, 0.2) is 35.7 Å². The molecule has 0 aliphatic rings. The summed E-state index contributed by atoms with van der Waals surface area (Å²) in [7, 11) is 0. The van der Waals surface area contributed by atoms with Gasteiger partial charge in [0.15, 0.2) is 5.13 Å². The van der Waals surface area contributed by atoms with E-state index in [-0.39, 0.29) is 0 Å². The van der Waals surface area contributed by atoms with Gasteiger partial charge in [0, 0.05) is 10.9 Å². The molecule has 1 aromatic carbocycles. The molecule has 4 N–H and O–H groups in total. The first-order valence-corrected chi connectivity index (χ1v) is 6.97. The summed E-state index contributed by atoms with van der Waals surface area (Å²) < 4.78 is 0. The van der Waals surface area contributed by atoms with Crippen molar-refractivity contribution in [1.29, 1.82) is 0 Å². The molecule has 0 atom stereocenters. The summed E-state index contributed by atoms with van der Waals surface area (Å²) in [5, 5.41) is 3.35. The Kier molecular flexibility index (Phi) is 2.73. The summed E-state index contributed by atoms with van der Waals surface area (Å²) in [5.41, 5.74) is 13.5. The number of benzene rings is 1. The molecule has 0 amide bonds. The quantitative estimate of drug-likeness (QED) is 0.752. The molecule has 0 unspecified atom stereocenters. The number of nitrogens with two attached hydrogens (primary N) is 2. The van der Waals surface area contributed by atoms with Crippen LogP contribution in [-0.2, 0) is 0 Å². The summed E-state index contributed by atoms with van der Waals surface area (Å²) in [6, 6.07) is 10.0. The van der Waals surface area contributed by atoms with Crippen molar-refractivity contribution in [3.05, 3.63) is 35.7 Å². The van der Waals surface area contributed by atoms with Gasteiger partial charge < -0.3 is 11.5 Å². The molecule has 0 spiro atoms. The molecule has 2 aromatic heterocycles. The van der Waals surface area contributed by atoms with Gasteiger partial charge in [0.25, 0.3) is 0 Å². The van der Waals surface area contributed by atoms with Gasteiger partial charge in [0.1, 0.15) is 15.7 Å². The average molecular weight is 274 g/mol. The Morgan fingerprint density at radius 2 is 1.78 bits per heavy atom. The first kappa shape index (κ1) is 11.2. The van der Waals surface area contributed by atoms with Gasteiger partial charge in [-0.25, -0.2) is 9.97 Å². The number of hydrogen-bond donors (Lipinski definition) is 2. The van der Waals surface area contributed by atoms with Crippen molar-refractivity contribution in [2.45, 2.75) is 0 Å². The van der Waals surface area contributed by atoms with Crippen LogP contribution in [0.3, 0.4) is 0 Å². The molecule has 0 radical (unpaired) electrons. The zero-order valence-electron chi connectivity index (χ0n) is 9.33.